The molecule has 0 fully saturated rings. The molecule has 0 radical (unpaired) electrons. The van der Waals surface area contributed by atoms with Gasteiger partial charge in [-0.15, -0.1) is 0 Å². The third kappa shape index (κ3) is 3.05. The van der Waals surface area contributed by atoms with Gasteiger partial charge in [0.1, 0.15) is 4.99 Å². The lowest BCUT2D eigenvalue weighted by molar-refractivity contribution is 1.29. The minimum atomic E-state index is 0.297. The Morgan fingerprint density at radius 2 is 2.11 bits per heavy atom. The monoisotopic (exact) mass is 321 g/mol. The van der Waals surface area contributed by atoms with Gasteiger partial charge in [-0.2, -0.15) is 0 Å². The van der Waals surface area contributed by atoms with Crippen LogP contribution in [-0.2, 0) is 0 Å². The Kier molecular flexibility index (Phi) is 3.93. The molecule has 0 bridgehead atoms. The van der Waals surface area contributed by atoms with E-state index in [-0.39, 0.29) is 0 Å². The summed E-state index contributed by atoms with van der Waals surface area (Å²) in [5.74, 6) is 0. The Bertz CT molecular complexity index is 599. The van der Waals surface area contributed by atoms with Crippen molar-refractivity contribution in [1.29, 1.82) is 0 Å². The molecule has 0 amide bonds. The number of nitrogens with zero attached hydrogens (tertiary/aromatic N) is 1. The van der Waals surface area contributed by atoms with Gasteiger partial charge >= 0.3 is 0 Å². The zero-order chi connectivity index (χ0) is 13.1. The van der Waals surface area contributed by atoms with Gasteiger partial charge in [0.05, 0.1) is 5.69 Å². The lowest BCUT2D eigenvalue weighted by Gasteiger charge is -2.10. The van der Waals surface area contributed by atoms with E-state index in [1.165, 1.54) is 0 Å². The van der Waals surface area contributed by atoms with Crippen molar-refractivity contribution in [3.05, 3.63) is 52.3 Å². The fraction of sp³-hybridized carbons (Fsp3) is 0.0769. The zero-order valence-corrected chi connectivity index (χ0v) is 12.2. The predicted molar refractivity (Wildman–Crippen MR) is 82.3 cm³/mol. The average molecular weight is 322 g/mol. The first-order chi connectivity index (χ1) is 8.56. The highest BCUT2D eigenvalue weighted by Crippen LogP contribution is 2.23. The lowest BCUT2D eigenvalue weighted by Crippen LogP contribution is -2.11. The summed E-state index contributed by atoms with van der Waals surface area (Å²) >= 11 is 8.35. The van der Waals surface area contributed by atoms with Crippen molar-refractivity contribution in [3.63, 3.8) is 0 Å². The molecule has 0 atom stereocenters. The number of benzene rings is 1. The van der Waals surface area contributed by atoms with E-state index in [0.29, 0.717) is 10.7 Å². The molecule has 3 N–H and O–H groups in total. The van der Waals surface area contributed by atoms with Crippen molar-refractivity contribution in [2.45, 2.75) is 6.92 Å². The molecule has 92 valence electrons. The van der Waals surface area contributed by atoms with E-state index in [9.17, 15) is 0 Å². The van der Waals surface area contributed by atoms with E-state index in [0.717, 1.165) is 21.4 Å². The number of hydrogen-bond donors (Lipinski definition) is 2. The third-order valence-corrected chi connectivity index (χ3v) is 3.18. The fourth-order valence-electron chi connectivity index (χ4n) is 1.57. The predicted octanol–water partition coefficient (Wildman–Crippen LogP) is 3.53. The number of anilines is 2. The first-order valence-corrected chi connectivity index (χ1v) is 6.55. The molecule has 0 aliphatic rings. The Morgan fingerprint density at radius 1 is 1.33 bits per heavy atom. The SMILES string of the molecule is Cc1cc(Br)ccc1Nc1ccnc(C(N)=S)c1. The summed E-state index contributed by atoms with van der Waals surface area (Å²) in [4.78, 5) is 4.40. The zero-order valence-electron chi connectivity index (χ0n) is 9.77. The van der Waals surface area contributed by atoms with Gasteiger partial charge in [0.25, 0.3) is 0 Å². The van der Waals surface area contributed by atoms with Crippen LogP contribution < -0.4 is 11.1 Å². The number of rotatable bonds is 3. The minimum absolute atomic E-state index is 0.297. The van der Waals surface area contributed by atoms with Crippen LogP contribution in [0, 0.1) is 6.92 Å². The number of aryl methyl sites for hydroxylation is 1. The lowest BCUT2D eigenvalue weighted by atomic mass is 10.2. The molecule has 0 unspecified atom stereocenters. The van der Waals surface area contributed by atoms with Crippen molar-refractivity contribution in [2.75, 3.05) is 5.32 Å². The first kappa shape index (κ1) is 13.0. The molecule has 0 saturated heterocycles. The summed E-state index contributed by atoms with van der Waals surface area (Å²) in [7, 11) is 0. The molecule has 0 aliphatic heterocycles. The van der Waals surface area contributed by atoms with E-state index in [2.05, 4.69) is 32.3 Å². The average Bonchev–Trinajstić information content (AvgIpc) is 2.33. The topological polar surface area (TPSA) is 50.9 Å². The summed E-state index contributed by atoms with van der Waals surface area (Å²) in [5.41, 5.74) is 9.28. The minimum Gasteiger partial charge on any atom is -0.388 e. The normalized spacial score (nSPS) is 10.1. The van der Waals surface area contributed by atoms with E-state index in [1.807, 2.05) is 31.2 Å². The maximum Gasteiger partial charge on any atom is 0.122 e. The van der Waals surface area contributed by atoms with Crippen LogP contribution in [0.2, 0.25) is 0 Å². The molecule has 1 aromatic heterocycles. The standard InChI is InChI=1S/C13H12BrN3S/c1-8-6-9(14)2-3-11(8)17-10-4-5-16-12(7-10)13(15)18/h2-7H,1H3,(H2,15,18)(H,16,17). The Balaban J connectivity index is 2.28. The van der Waals surface area contributed by atoms with Crippen LogP contribution in [-0.4, -0.2) is 9.97 Å². The van der Waals surface area contributed by atoms with Gasteiger partial charge in [0.2, 0.25) is 0 Å². The van der Waals surface area contributed by atoms with Crippen molar-refractivity contribution < 1.29 is 0 Å². The van der Waals surface area contributed by atoms with E-state index in [1.54, 1.807) is 6.20 Å². The van der Waals surface area contributed by atoms with E-state index in [4.69, 9.17) is 18.0 Å². The highest BCUT2D eigenvalue weighted by atomic mass is 79.9. The van der Waals surface area contributed by atoms with Gasteiger partial charge in [0.15, 0.2) is 0 Å². The van der Waals surface area contributed by atoms with Crippen molar-refractivity contribution in [1.82, 2.24) is 4.98 Å². The number of thiocarbonyl (C=S) groups is 1. The van der Waals surface area contributed by atoms with Gasteiger partial charge in [-0.3, -0.25) is 4.98 Å². The molecule has 2 rings (SSSR count). The molecule has 0 aliphatic carbocycles. The van der Waals surface area contributed by atoms with Gasteiger partial charge in [-0.1, -0.05) is 28.1 Å². The first-order valence-electron chi connectivity index (χ1n) is 5.35. The number of nitrogens with one attached hydrogen (secondary N) is 1. The number of pyridine rings is 1. The molecular formula is C13H12BrN3S. The van der Waals surface area contributed by atoms with E-state index >= 15 is 0 Å². The summed E-state index contributed by atoms with van der Waals surface area (Å²) < 4.78 is 1.06. The molecule has 5 heteroatoms. The van der Waals surface area contributed by atoms with E-state index < -0.39 is 0 Å². The summed E-state index contributed by atoms with van der Waals surface area (Å²) in [6.45, 7) is 2.04. The summed E-state index contributed by atoms with van der Waals surface area (Å²) in [6, 6.07) is 9.77. The Labute approximate surface area is 120 Å². The van der Waals surface area contributed by atoms with Crippen LogP contribution in [0.5, 0.6) is 0 Å². The van der Waals surface area contributed by atoms with Crippen LogP contribution in [0.4, 0.5) is 11.4 Å². The Hall–Kier alpha value is -1.46. The largest absolute Gasteiger partial charge is 0.388 e. The van der Waals surface area contributed by atoms with Gasteiger partial charge in [-0.25, -0.2) is 0 Å². The van der Waals surface area contributed by atoms with Gasteiger partial charge in [0, 0.05) is 22.0 Å². The second-order valence-corrected chi connectivity index (χ2v) is 5.23. The number of halogens is 1. The maximum absolute atomic E-state index is 5.56. The van der Waals surface area contributed by atoms with Gasteiger partial charge in [-0.05, 0) is 42.8 Å². The maximum atomic E-state index is 5.56. The highest BCUT2D eigenvalue weighted by Gasteiger charge is 2.02. The molecule has 1 heterocycles. The van der Waals surface area contributed by atoms with Crippen molar-refractivity contribution in [3.8, 4) is 0 Å². The number of aromatic nitrogens is 1. The third-order valence-electron chi connectivity index (χ3n) is 2.48. The smallest absolute Gasteiger partial charge is 0.122 e. The summed E-state index contributed by atoms with van der Waals surface area (Å²) in [5, 5.41) is 3.32. The van der Waals surface area contributed by atoms with Crippen LogP contribution in [0.15, 0.2) is 41.0 Å². The molecule has 2 aromatic rings. The Morgan fingerprint density at radius 3 is 2.78 bits per heavy atom. The number of hydrogen-bond acceptors (Lipinski definition) is 3. The molecule has 18 heavy (non-hydrogen) atoms. The highest BCUT2D eigenvalue weighted by molar-refractivity contribution is 9.10. The summed E-state index contributed by atoms with van der Waals surface area (Å²) in [6.07, 6.45) is 1.69. The van der Waals surface area contributed by atoms with Crippen LogP contribution in [0.1, 0.15) is 11.3 Å². The molecule has 0 saturated carbocycles. The van der Waals surface area contributed by atoms with Crippen LogP contribution in [0.3, 0.4) is 0 Å². The van der Waals surface area contributed by atoms with Gasteiger partial charge < -0.3 is 11.1 Å². The second-order valence-electron chi connectivity index (χ2n) is 3.88. The van der Waals surface area contributed by atoms with Crippen LogP contribution >= 0.6 is 28.1 Å². The number of nitrogens with two attached hydrogens (primary N) is 1. The molecule has 0 spiro atoms. The second kappa shape index (κ2) is 5.46. The molecular weight excluding hydrogens is 310 g/mol. The van der Waals surface area contributed by atoms with Crippen LogP contribution in [0.25, 0.3) is 0 Å². The van der Waals surface area contributed by atoms with Crippen molar-refractivity contribution in [2.24, 2.45) is 5.73 Å². The quantitative estimate of drug-likeness (QED) is 0.849. The molecule has 3 nitrogen and oxygen atoms in total. The fourth-order valence-corrected chi connectivity index (χ4v) is 2.15. The van der Waals surface area contributed by atoms with Crippen molar-refractivity contribution >= 4 is 44.5 Å². The molecule has 1 aromatic carbocycles.